The van der Waals surface area contributed by atoms with E-state index in [-0.39, 0.29) is 23.8 Å². The number of rotatable bonds is 8. The van der Waals surface area contributed by atoms with Crippen LogP contribution in [0.5, 0.6) is 0 Å². The molecule has 0 radical (unpaired) electrons. The van der Waals surface area contributed by atoms with Crippen LogP contribution in [-0.2, 0) is 16.1 Å². The molecule has 0 spiro atoms. The highest BCUT2D eigenvalue weighted by atomic mass is 32.2. The maximum Gasteiger partial charge on any atom is 0.341 e. The Bertz CT molecular complexity index is 902. The third-order valence-electron chi connectivity index (χ3n) is 4.09. The molecule has 0 atom stereocenters. The number of hydrogen-bond donors (Lipinski definition) is 1. The normalized spacial score (nSPS) is 13.4. The van der Waals surface area contributed by atoms with Crippen molar-refractivity contribution >= 4 is 40.0 Å². The average molecular weight is 408 g/mol. The van der Waals surface area contributed by atoms with Gasteiger partial charge >= 0.3 is 5.97 Å². The zero-order valence-corrected chi connectivity index (χ0v) is 16.8. The molecule has 1 N–H and O–H groups in total. The summed E-state index contributed by atoms with van der Waals surface area (Å²) >= 11 is 2.54. The average Bonchev–Trinajstić information content (AvgIpc) is 3.41. The Morgan fingerprint density at radius 1 is 1.41 bits per heavy atom. The Balaban J connectivity index is 1.70. The van der Waals surface area contributed by atoms with Gasteiger partial charge in [-0.3, -0.25) is 9.59 Å². The highest BCUT2D eigenvalue weighted by Gasteiger charge is 2.32. The molecule has 1 saturated carbocycles. The third-order valence-corrected chi connectivity index (χ3v) is 6.00. The van der Waals surface area contributed by atoms with Crippen molar-refractivity contribution in [1.82, 2.24) is 9.55 Å². The molecule has 27 heavy (non-hydrogen) atoms. The Morgan fingerprint density at radius 3 is 2.85 bits per heavy atom. The minimum absolute atomic E-state index is 0.0926. The maximum absolute atomic E-state index is 12.4. The van der Waals surface area contributed by atoms with E-state index in [0.29, 0.717) is 28.2 Å². The smallest absolute Gasteiger partial charge is 0.341 e. The molecular formula is C18H21N3O4S2. The summed E-state index contributed by atoms with van der Waals surface area (Å²) in [6.07, 6.45) is 3.77. The third kappa shape index (κ3) is 4.78. The van der Waals surface area contributed by atoms with Crippen LogP contribution >= 0.6 is 23.1 Å². The fourth-order valence-corrected chi connectivity index (χ4v) is 4.52. The number of nitrogens with zero attached hydrogens (tertiary/aromatic N) is 2. The first-order chi connectivity index (χ1) is 13.0. The number of thioether (sulfide) groups is 1. The fraction of sp³-hybridized carbons (Fsp3) is 0.444. The van der Waals surface area contributed by atoms with Gasteiger partial charge in [0.1, 0.15) is 5.00 Å². The zero-order valence-electron chi connectivity index (χ0n) is 15.2. The number of thiophene rings is 1. The summed E-state index contributed by atoms with van der Waals surface area (Å²) in [6.45, 7) is 4.64. The van der Waals surface area contributed by atoms with Crippen LogP contribution in [0.2, 0.25) is 0 Å². The van der Waals surface area contributed by atoms with Gasteiger partial charge < -0.3 is 14.6 Å². The summed E-state index contributed by atoms with van der Waals surface area (Å²) in [5.74, 6) is -0.174. The molecule has 2 aromatic heterocycles. The molecule has 0 bridgehead atoms. The highest BCUT2D eigenvalue weighted by molar-refractivity contribution is 7.99. The Kier molecular flexibility index (Phi) is 6.33. The van der Waals surface area contributed by atoms with Crippen molar-refractivity contribution in [3.05, 3.63) is 39.1 Å². The highest BCUT2D eigenvalue weighted by Crippen LogP contribution is 2.46. The van der Waals surface area contributed by atoms with Gasteiger partial charge in [0.2, 0.25) is 5.91 Å². The molecule has 2 aromatic rings. The first-order valence-electron chi connectivity index (χ1n) is 8.82. The van der Waals surface area contributed by atoms with Gasteiger partial charge in [-0.15, -0.1) is 11.3 Å². The molecule has 7 nitrogen and oxygen atoms in total. The van der Waals surface area contributed by atoms with Crippen LogP contribution in [0.25, 0.3) is 0 Å². The number of amides is 1. The van der Waals surface area contributed by atoms with Gasteiger partial charge in [-0.1, -0.05) is 11.8 Å². The van der Waals surface area contributed by atoms with Crippen molar-refractivity contribution < 1.29 is 14.3 Å². The van der Waals surface area contributed by atoms with E-state index in [1.807, 2.05) is 12.3 Å². The van der Waals surface area contributed by atoms with Crippen LogP contribution in [0.4, 0.5) is 5.00 Å². The minimum Gasteiger partial charge on any atom is -0.462 e. The van der Waals surface area contributed by atoms with E-state index in [1.165, 1.54) is 29.2 Å². The van der Waals surface area contributed by atoms with Crippen LogP contribution < -0.4 is 10.9 Å². The van der Waals surface area contributed by atoms with Gasteiger partial charge in [-0.25, -0.2) is 4.79 Å². The summed E-state index contributed by atoms with van der Waals surface area (Å²) in [6, 6.07) is 1.39. The number of esters is 1. The molecular weight excluding hydrogens is 386 g/mol. The summed E-state index contributed by atoms with van der Waals surface area (Å²) in [7, 11) is 0. The van der Waals surface area contributed by atoms with Crippen molar-refractivity contribution in [2.75, 3.05) is 17.7 Å². The van der Waals surface area contributed by atoms with Crippen molar-refractivity contribution in [2.45, 2.75) is 44.3 Å². The van der Waals surface area contributed by atoms with Crippen LogP contribution in [0.1, 0.15) is 48.5 Å². The number of carbonyl (C=O) groups is 2. The number of anilines is 1. The van der Waals surface area contributed by atoms with Gasteiger partial charge in [0.05, 0.1) is 17.9 Å². The lowest BCUT2D eigenvalue weighted by atomic mass is 10.1. The lowest BCUT2D eigenvalue weighted by Crippen LogP contribution is -2.18. The second-order valence-electron chi connectivity index (χ2n) is 6.06. The fourth-order valence-electron chi connectivity index (χ4n) is 2.63. The van der Waals surface area contributed by atoms with E-state index < -0.39 is 5.97 Å². The molecule has 1 amide bonds. The van der Waals surface area contributed by atoms with Gasteiger partial charge in [0.25, 0.3) is 5.56 Å². The molecule has 2 heterocycles. The molecule has 0 saturated heterocycles. The predicted molar refractivity (Wildman–Crippen MR) is 106 cm³/mol. The van der Waals surface area contributed by atoms with Gasteiger partial charge in [-0.05, 0) is 43.6 Å². The summed E-state index contributed by atoms with van der Waals surface area (Å²) in [5.41, 5.74) is 1.11. The minimum atomic E-state index is -0.395. The first kappa shape index (κ1) is 19.6. The van der Waals surface area contributed by atoms with Crippen LogP contribution in [0.15, 0.2) is 27.6 Å². The SMILES string of the molecule is CCOC(=O)c1c(C2CC2)csc1NC(=O)CSc1nc(=O)ccn1CC. The van der Waals surface area contributed by atoms with Crippen LogP contribution in [-0.4, -0.2) is 33.8 Å². The number of nitrogens with one attached hydrogen (secondary N) is 1. The van der Waals surface area contributed by atoms with E-state index in [9.17, 15) is 14.4 Å². The monoisotopic (exact) mass is 407 g/mol. The topological polar surface area (TPSA) is 90.3 Å². The Hall–Kier alpha value is -2.13. The largest absolute Gasteiger partial charge is 0.462 e. The molecule has 3 rings (SSSR count). The second-order valence-corrected chi connectivity index (χ2v) is 7.88. The summed E-state index contributed by atoms with van der Waals surface area (Å²) in [4.78, 5) is 40.2. The number of aromatic nitrogens is 2. The standard InChI is InChI=1S/C18H21N3O4S2/c1-3-21-8-7-13(22)20-18(21)27-10-14(23)19-16-15(17(24)25-4-2)12(9-26-16)11-5-6-11/h7-9,11H,3-6,10H2,1-2H3,(H,19,23). The molecule has 1 aliphatic carbocycles. The quantitative estimate of drug-likeness (QED) is 0.411. The molecule has 0 aromatic carbocycles. The predicted octanol–water partition coefficient (Wildman–Crippen LogP) is 3.11. The molecule has 0 aliphatic heterocycles. The molecule has 1 aliphatic rings. The summed E-state index contributed by atoms with van der Waals surface area (Å²) < 4.78 is 6.97. The molecule has 9 heteroatoms. The first-order valence-corrected chi connectivity index (χ1v) is 10.7. The van der Waals surface area contributed by atoms with Gasteiger partial charge in [0.15, 0.2) is 5.16 Å². The second kappa shape index (κ2) is 8.71. The lowest BCUT2D eigenvalue weighted by Gasteiger charge is -2.10. The number of aryl methyl sites for hydroxylation is 1. The number of ether oxygens (including phenoxy) is 1. The van der Waals surface area contributed by atoms with Crippen molar-refractivity contribution in [3.8, 4) is 0 Å². The lowest BCUT2D eigenvalue weighted by molar-refractivity contribution is -0.113. The Morgan fingerprint density at radius 2 is 2.19 bits per heavy atom. The van der Waals surface area contributed by atoms with E-state index in [1.54, 1.807) is 17.7 Å². The van der Waals surface area contributed by atoms with Gasteiger partial charge in [0, 0.05) is 18.8 Å². The summed E-state index contributed by atoms with van der Waals surface area (Å²) in [5, 5.41) is 5.77. The maximum atomic E-state index is 12.4. The van der Waals surface area contributed by atoms with Crippen molar-refractivity contribution in [1.29, 1.82) is 0 Å². The molecule has 144 valence electrons. The Labute approximate surface area is 165 Å². The number of carbonyl (C=O) groups excluding carboxylic acids is 2. The van der Waals surface area contributed by atoms with E-state index in [2.05, 4.69) is 10.3 Å². The van der Waals surface area contributed by atoms with Crippen LogP contribution in [0, 0.1) is 0 Å². The van der Waals surface area contributed by atoms with Crippen molar-refractivity contribution in [2.24, 2.45) is 0 Å². The van der Waals surface area contributed by atoms with E-state index in [4.69, 9.17) is 4.74 Å². The van der Waals surface area contributed by atoms with Crippen molar-refractivity contribution in [3.63, 3.8) is 0 Å². The van der Waals surface area contributed by atoms with Gasteiger partial charge in [-0.2, -0.15) is 4.98 Å². The van der Waals surface area contributed by atoms with E-state index >= 15 is 0 Å². The number of hydrogen-bond acceptors (Lipinski definition) is 7. The van der Waals surface area contributed by atoms with Crippen LogP contribution in [0.3, 0.4) is 0 Å². The zero-order chi connectivity index (χ0) is 19.4. The molecule has 0 unspecified atom stereocenters. The van der Waals surface area contributed by atoms with E-state index in [0.717, 1.165) is 18.4 Å². The molecule has 1 fully saturated rings.